The molecule has 1 spiro atoms. The zero-order chi connectivity index (χ0) is 16.0. The third-order valence-electron chi connectivity index (χ3n) is 9.16. The van der Waals surface area contributed by atoms with E-state index in [1.54, 1.807) is 0 Å². The molecule has 0 aromatic rings. The second kappa shape index (κ2) is 4.30. The SMILES string of the molecule is CC1(C)CCC[C@@]2(C)[C@H]1C[C@H](O)[C@H]1C[C@H](O)[C@@]3(C)CC[C@]12C3. The summed E-state index contributed by atoms with van der Waals surface area (Å²) in [6.45, 7) is 9.73. The molecule has 2 heteroatoms. The van der Waals surface area contributed by atoms with Gasteiger partial charge in [0.05, 0.1) is 12.2 Å². The fraction of sp³-hybridized carbons (Fsp3) is 1.00. The average molecular weight is 306 g/mol. The highest BCUT2D eigenvalue weighted by atomic mass is 16.3. The molecule has 2 nitrogen and oxygen atoms in total. The Morgan fingerprint density at radius 3 is 2.32 bits per heavy atom. The summed E-state index contributed by atoms with van der Waals surface area (Å²) < 4.78 is 0. The molecule has 7 atom stereocenters. The van der Waals surface area contributed by atoms with Gasteiger partial charge < -0.3 is 10.2 Å². The minimum absolute atomic E-state index is 0.0999. The van der Waals surface area contributed by atoms with E-state index in [-0.39, 0.29) is 23.0 Å². The van der Waals surface area contributed by atoms with Crippen molar-refractivity contribution in [3.8, 4) is 0 Å². The van der Waals surface area contributed by atoms with E-state index in [1.165, 1.54) is 25.7 Å². The van der Waals surface area contributed by atoms with Gasteiger partial charge in [0.25, 0.3) is 0 Å². The lowest BCUT2D eigenvalue weighted by Gasteiger charge is -2.68. The molecule has 22 heavy (non-hydrogen) atoms. The molecule has 2 N–H and O–H groups in total. The Labute approximate surface area is 135 Å². The van der Waals surface area contributed by atoms with Crippen LogP contribution in [0.15, 0.2) is 0 Å². The van der Waals surface area contributed by atoms with Crippen molar-refractivity contribution < 1.29 is 10.2 Å². The predicted octanol–water partition coefficient (Wildman–Crippen LogP) is 4.14. The van der Waals surface area contributed by atoms with Crippen LogP contribution in [0.1, 0.15) is 79.1 Å². The summed E-state index contributed by atoms with van der Waals surface area (Å²) in [4.78, 5) is 0. The zero-order valence-electron chi connectivity index (χ0n) is 14.9. The highest BCUT2D eigenvalue weighted by Gasteiger charge is 2.70. The highest BCUT2D eigenvalue weighted by molar-refractivity contribution is 5.19. The first kappa shape index (κ1) is 15.4. The molecule has 0 radical (unpaired) electrons. The van der Waals surface area contributed by atoms with E-state index >= 15 is 0 Å². The van der Waals surface area contributed by atoms with Gasteiger partial charge in [0, 0.05) is 0 Å². The first-order chi connectivity index (χ1) is 10.1. The molecular formula is C20H34O2. The van der Waals surface area contributed by atoms with Crippen molar-refractivity contribution in [2.75, 3.05) is 0 Å². The van der Waals surface area contributed by atoms with Crippen LogP contribution >= 0.6 is 0 Å². The summed E-state index contributed by atoms with van der Waals surface area (Å²) in [7, 11) is 0. The Morgan fingerprint density at radius 2 is 1.59 bits per heavy atom. The van der Waals surface area contributed by atoms with Gasteiger partial charge in [-0.05, 0) is 78.4 Å². The maximum Gasteiger partial charge on any atom is 0.0597 e. The van der Waals surface area contributed by atoms with Crippen LogP contribution in [0.3, 0.4) is 0 Å². The van der Waals surface area contributed by atoms with Crippen LogP contribution in [0.5, 0.6) is 0 Å². The van der Waals surface area contributed by atoms with Crippen LogP contribution in [0.25, 0.3) is 0 Å². The van der Waals surface area contributed by atoms with E-state index in [4.69, 9.17) is 0 Å². The summed E-state index contributed by atoms with van der Waals surface area (Å²) >= 11 is 0. The van der Waals surface area contributed by atoms with Gasteiger partial charge in [-0.25, -0.2) is 0 Å². The smallest absolute Gasteiger partial charge is 0.0597 e. The molecule has 4 saturated carbocycles. The monoisotopic (exact) mass is 306 g/mol. The van der Waals surface area contributed by atoms with Crippen LogP contribution in [0, 0.1) is 33.5 Å². The van der Waals surface area contributed by atoms with Gasteiger partial charge in [0.15, 0.2) is 0 Å². The van der Waals surface area contributed by atoms with E-state index < -0.39 is 0 Å². The summed E-state index contributed by atoms with van der Waals surface area (Å²) in [5.74, 6) is 0.964. The van der Waals surface area contributed by atoms with Gasteiger partial charge >= 0.3 is 0 Å². The van der Waals surface area contributed by atoms with Gasteiger partial charge in [-0.1, -0.05) is 34.1 Å². The lowest BCUT2D eigenvalue weighted by molar-refractivity contribution is -0.224. The molecule has 0 unspecified atom stereocenters. The summed E-state index contributed by atoms with van der Waals surface area (Å²) in [6, 6.07) is 0. The largest absolute Gasteiger partial charge is 0.393 e. The molecule has 0 aromatic heterocycles. The fourth-order valence-corrected chi connectivity index (χ4v) is 7.90. The van der Waals surface area contributed by atoms with E-state index in [0.717, 1.165) is 25.7 Å². The third-order valence-corrected chi connectivity index (χ3v) is 9.16. The highest BCUT2D eigenvalue weighted by Crippen LogP contribution is 2.76. The van der Waals surface area contributed by atoms with Crippen LogP contribution in [0.2, 0.25) is 0 Å². The zero-order valence-corrected chi connectivity index (χ0v) is 14.9. The van der Waals surface area contributed by atoms with Crippen molar-refractivity contribution in [1.82, 2.24) is 0 Å². The Hall–Kier alpha value is -0.0800. The van der Waals surface area contributed by atoms with Gasteiger partial charge in [0.1, 0.15) is 0 Å². The third kappa shape index (κ3) is 1.64. The lowest BCUT2D eigenvalue weighted by atomic mass is 9.38. The number of rotatable bonds is 0. The van der Waals surface area contributed by atoms with Gasteiger partial charge in [-0.15, -0.1) is 0 Å². The molecule has 4 aliphatic rings. The van der Waals surface area contributed by atoms with Crippen molar-refractivity contribution in [2.45, 2.75) is 91.3 Å². The number of fused-ring (bicyclic) bond motifs is 2. The molecule has 0 heterocycles. The van der Waals surface area contributed by atoms with Crippen molar-refractivity contribution >= 4 is 0 Å². The molecule has 0 amide bonds. The van der Waals surface area contributed by atoms with Crippen molar-refractivity contribution in [3.05, 3.63) is 0 Å². The molecule has 126 valence electrons. The Bertz CT molecular complexity index is 486. The quantitative estimate of drug-likeness (QED) is 0.706. The van der Waals surface area contributed by atoms with Gasteiger partial charge in [-0.3, -0.25) is 0 Å². The average Bonchev–Trinajstić information content (AvgIpc) is 2.74. The summed E-state index contributed by atoms with van der Waals surface area (Å²) in [5.41, 5.74) is 1.09. The normalized spacial score (nSPS) is 59.7. The number of hydrogen-bond donors (Lipinski definition) is 2. The lowest BCUT2D eigenvalue weighted by Crippen LogP contribution is -2.64. The predicted molar refractivity (Wildman–Crippen MR) is 88.4 cm³/mol. The first-order valence-electron chi connectivity index (χ1n) is 9.51. The molecule has 2 bridgehead atoms. The summed E-state index contributed by atoms with van der Waals surface area (Å²) in [6.07, 6.45) is 8.88. The fourth-order valence-electron chi connectivity index (χ4n) is 7.90. The molecule has 4 aliphatic carbocycles. The molecule has 0 aliphatic heterocycles. The maximum atomic E-state index is 11.0. The minimum atomic E-state index is -0.209. The molecule has 0 saturated heterocycles. The molecule has 4 fully saturated rings. The van der Waals surface area contributed by atoms with Crippen molar-refractivity contribution in [2.24, 2.45) is 33.5 Å². The van der Waals surface area contributed by atoms with E-state index in [0.29, 0.717) is 22.7 Å². The van der Waals surface area contributed by atoms with Crippen LogP contribution in [0.4, 0.5) is 0 Å². The van der Waals surface area contributed by atoms with E-state index in [2.05, 4.69) is 27.7 Å². The minimum Gasteiger partial charge on any atom is -0.393 e. The Balaban J connectivity index is 1.83. The van der Waals surface area contributed by atoms with Crippen LogP contribution in [-0.2, 0) is 0 Å². The van der Waals surface area contributed by atoms with Crippen LogP contribution in [-0.4, -0.2) is 22.4 Å². The van der Waals surface area contributed by atoms with Crippen molar-refractivity contribution in [3.63, 3.8) is 0 Å². The number of aliphatic hydroxyl groups is 2. The summed E-state index contributed by atoms with van der Waals surface area (Å²) in [5, 5.41) is 21.7. The standard InChI is InChI=1S/C20H34O2/c1-17(2)6-5-7-19(4)15(17)11-14(21)13-10-16(22)18(3)8-9-20(13,19)12-18/h13-16,21-22H,5-12H2,1-4H3/t13-,14+,15+,16+,18+,19+,20+/m1/s1. The van der Waals surface area contributed by atoms with Gasteiger partial charge in [-0.2, -0.15) is 0 Å². The first-order valence-corrected chi connectivity index (χ1v) is 9.51. The molecule has 4 rings (SSSR count). The number of hydrogen-bond acceptors (Lipinski definition) is 2. The second-order valence-corrected chi connectivity index (χ2v) is 10.5. The maximum absolute atomic E-state index is 11.0. The van der Waals surface area contributed by atoms with E-state index in [1.807, 2.05) is 0 Å². The topological polar surface area (TPSA) is 40.5 Å². The Kier molecular flexibility index (Phi) is 3.02. The van der Waals surface area contributed by atoms with Gasteiger partial charge in [0.2, 0.25) is 0 Å². The molecule has 0 aromatic carbocycles. The van der Waals surface area contributed by atoms with Crippen molar-refractivity contribution in [1.29, 1.82) is 0 Å². The van der Waals surface area contributed by atoms with Crippen LogP contribution < -0.4 is 0 Å². The molecular weight excluding hydrogens is 272 g/mol. The van der Waals surface area contributed by atoms with E-state index in [9.17, 15) is 10.2 Å². The second-order valence-electron chi connectivity index (χ2n) is 10.5. The Morgan fingerprint density at radius 1 is 0.864 bits per heavy atom. The number of aliphatic hydroxyl groups excluding tert-OH is 2.